The predicted molar refractivity (Wildman–Crippen MR) is 186 cm³/mol. The summed E-state index contributed by atoms with van der Waals surface area (Å²) >= 11 is 16.5. The first kappa shape index (κ1) is 41.2. The third-order valence-electron chi connectivity index (χ3n) is 6.38. The molecule has 0 aliphatic heterocycles. The largest absolute Gasteiger partial charge is 0.355 e. The van der Waals surface area contributed by atoms with Crippen LogP contribution in [0.2, 0.25) is 0 Å². The van der Waals surface area contributed by atoms with Crippen molar-refractivity contribution >= 4 is 74.1 Å². The van der Waals surface area contributed by atoms with Crippen molar-refractivity contribution in [3.8, 4) is 0 Å². The van der Waals surface area contributed by atoms with Crippen LogP contribution >= 0.6 is 50.5 Å². The van der Waals surface area contributed by atoms with Gasteiger partial charge in [-0.3, -0.25) is 19.2 Å². The number of hydrogen-bond donors (Lipinski definition) is 8. The average Bonchev–Trinajstić information content (AvgIpc) is 2.98. The third-order valence-corrected chi connectivity index (χ3v) is 7.28. The molecule has 246 valence electrons. The van der Waals surface area contributed by atoms with Crippen LogP contribution < -0.4 is 21.3 Å². The molecule has 15 heteroatoms. The van der Waals surface area contributed by atoms with E-state index in [-0.39, 0.29) is 23.6 Å². The van der Waals surface area contributed by atoms with Crippen molar-refractivity contribution in [2.24, 2.45) is 0 Å². The molecule has 0 bridgehead atoms. The molecule has 0 spiro atoms. The minimum atomic E-state index is -0.00590. The van der Waals surface area contributed by atoms with Crippen LogP contribution in [0.4, 0.5) is 0 Å². The summed E-state index contributed by atoms with van der Waals surface area (Å²) in [5.41, 5.74) is 0. The van der Waals surface area contributed by atoms with E-state index in [0.717, 1.165) is 39.0 Å². The molecule has 4 amide bonds. The summed E-state index contributed by atoms with van der Waals surface area (Å²) in [4.78, 5) is 54.9. The second kappa shape index (κ2) is 28.9. The van der Waals surface area contributed by atoms with Gasteiger partial charge in [0.15, 0.2) is 0 Å². The Labute approximate surface area is 275 Å². The molecule has 42 heavy (non-hydrogen) atoms. The van der Waals surface area contributed by atoms with Gasteiger partial charge in [0, 0.05) is 101 Å². The summed E-state index contributed by atoms with van der Waals surface area (Å²) in [6.07, 6.45) is 3.36. The number of rotatable bonds is 28. The van der Waals surface area contributed by atoms with Gasteiger partial charge in [-0.15, -0.1) is 0 Å². The Morgan fingerprint density at radius 3 is 0.952 bits per heavy atom. The van der Waals surface area contributed by atoms with Crippen LogP contribution in [0.3, 0.4) is 0 Å². The van der Waals surface area contributed by atoms with Gasteiger partial charge in [0.1, 0.15) is 0 Å². The SMILES string of the molecule is CN(CCCN(CCC(=O)NCCS)CCC(=O)NCCS)CCCN(CCC(=O)NCCS)CCC(=O)NCCS. The molecule has 0 unspecified atom stereocenters. The van der Waals surface area contributed by atoms with Crippen molar-refractivity contribution in [3.63, 3.8) is 0 Å². The second-order valence-corrected chi connectivity index (χ2v) is 11.8. The fraction of sp³-hybridized carbons (Fsp3) is 0.852. The number of nitrogens with zero attached hydrogens (tertiary/aromatic N) is 3. The molecule has 0 aromatic heterocycles. The summed E-state index contributed by atoms with van der Waals surface area (Å²) in [5, 5.41) is 11.4. The van der Waals surface area contributed by atoms with E-state index in [9.17, 15) is 19.2 Å². The summed E-state index contributed by atoms with van der Waals surface area (Å²) in [7, 11) is 2.08. The van der Waals surface area contributed by atoms with E-state index in [4.69, 9.17) is 0 Å². The molecule has 0 rings (SSSR count). The Kier molecular flexibility index (Phi) is 28.3. The summed E-state index contributed by atoms with van der Waals surface area (Å²) < 4.78 is 0. The highest BCUT2D eigenvalue weighted by Gasteiger charge is 2.13. The summed E-state index contributed by atoms with van der Waals surface area (Å²) in [6, 6.07) is 0. The molecule has 0 atom stereocenters. The highest BCUT2D eigenvalue weighted by molar-refractivity contribution is 7.80. The normalized spacial score (nSPS) is 11.2. The Hall–Kier alpha value is -0.840. The van der Waals surface area contributed by atoms with Crippen molar-refractivity contribution in [2.75, 3.05) is 109 Å². The lowest BCUT2D eigenvalue weighted by atomic mass is 10.2. The summed E-state index contributed by atoms with van der Waals surface area (Å²) in [6.45, 7) is 7.91. The summed E-state index contributed by atoms with van der Waals surface area (Å²) in [5.74, 6) is 2.37. The van der Waals surface area contributed by atoms with Gasteiger partial charge in [-0.2, -0.15) is 50.5 Å². The molecule has 0 saturated heterocycles. The van der Waals surface area contributed by atoms with Crippen LogP contribution in [0.25, 0.3) is 0 Å². The number of hydrogen-bond acceptors (Lipinski definition) is 11. The number of amides is 4. The van der Waals surface area contributed by atoms with Crippen molar-refractivity contribution in [3.05, 3.63) is 0 Å². The molecule has 4 N–H and O–H groups in total. The molecule has 11 nitrogen and oxygen atoms in total. The molecule has 0 radical (unpaired) electrons. The first-order valence-corrected chi connectivity index (χ1v) is 17.4. The minimum absolute atomic E-state index is 0.00590. The highest BCUT2D eigenvalue weighted by Crippen LogP contribution is 2.02. The first-order valence-electron chi connectivity index (χ1n) is 14.9. The van der Waals surface area contributed by atoms with Gasteiger partial charge >= 0.3 is 0 Å². The third kappa shape index (κ3) is 25.6. The van der Waals surface area contributed by atoms with Crippen molar-refractivity contribution < 1.29 is 19.2 Å². The Balaban J connectivity index is 4.67. The molecule has 0 fully saturated rings. The zero-order valence-corrected chi connectivity index (χ0v) is 28.9. The molecule has 0 aliphatic rings. The van der Waals surface area contributed by atoms with Crippen LogP contribution in [-0.4, -0.2) is 147 Å². The van der Waals surface area contributed by atoms with Crippen LogP contribution in [-0.2, 0) is 19.2 Å². The van der Waals surface area contributed by atoms with E-state index >= 15 is 0 Å². The van der Waals surface area contributed by atoms with Crippen molar-refractivity contribution in [2.45, 2.75) is 38.5 Å². The predicted octanol–water partition coefficient (Wildman–Crippen LogP) is 0.0468. The van der Waals surface area contributed by atoms with Crippen LogP contribution in [0, 0.1) is 0 Å². The zero-order valence-electron chi connectivity index (χ0n) is 25.3. The maximum atomic E-state index is 12.1. The monoisotopic (exact) mass is 669 g/mol. The van der Waals surface area contributed by atoms with E-state index in [1.54, 1.807) is 0 Å². The quantitative estimate of drug-likeness (QED) is 0.0554. The van der Waals surface area contributed by atoms with Gasteiger partial charge < -0.3 is 36.0 Å². The van der Waals surface area contributed by atoms with Gasteiger partial charge in [-0.25, -0.2) is 0 Å². The molecular formula is C27H55N7O4S4. The number of nitrogens with one attached hydrogen (secondary N) is 4. The Bertz CT molecular complexity index is 635. The van der Waals surface area contributed by atoms with Gasteiger partial charge in [-0.05, 0) is 46.1 Å². The average molecular weight is 670 g/mol. The lowest BCUT2D eigenvalue weighted by molar-refractivity contribution is -0.123. The van der Waals surface area contributed by atoms with E-state index in [1.807, 2.05) is 0 Å². The molecule has 0 aliphatic carbocycles. The molecule has 0 saturated carbocycles. The fourth-order valence-corrected chi connectivity index (χ4v) is 4.53. The van der Waals surface area contributed by atoms with E-state index in [0.29, 0.717) is 101 Å². The van der Waals surface area contributed by atoms with E-state index in [2.05, 4.69) is 93.5 Å². The molecule has 0 aromatic carbocycles. The minimum Gasteiger partial charge on any atom is -0.355 e. The van der Waals surface area contributed by atoms with Crippen LogP contribution in [0.15, 0.2) is 0 Å². The fourth-order valence-electron chi connectivity index (χ4n) is 4.08. The highest BCUT2D eigenvalue weighted by atomic mass is 32.1. The standard InChI is InChI=1S/C27H55N7O4S4/c1-32(12-2-14-33(16-4-24(35)28-8-20-39)17-5-25(36)29-9-21-40)13-3-15-34(18-6-26(37)30-10-22-41)19-7-27(38)31-11-23-42/h39-42H,2-23H2,1H3,(H,28,35)(H,29,36)(H,30,37)(H,31,38). The smallest absolute Gasteiger partial charge is 0.221 e. The molecule has 0 heterocycles. The van der Waals surface area contributed by atoms with E-state index in [1.165, 1.54) is 0 Å². The van der Waals surface area contributed by atoms with Gasteiger partial charge in [-0.1, -0.05) is 0 Å². The van der Waals surface area contributed by atoms with Gasteiger partial charge in [0.25, 0.3) is 0 Å². The lowest BCUT2D eigenvalue weighted by Crippen LogP contribution is -2.37. The number of carbonyl (C=O) groups excluding carboxylic acids is 4. The zero-order chi connectivity index (χ0) is 31.4. The Morgan fingerprint density at radius 2 is 0.714 bits per heavy atom. The van der Waals surface area contributed by atoms with Gasteiger partial charge in [0.2, 0.25) is 23.6 Å². The van der Waals surface area contributed by atoms with Crippen molar-refractivity contribution in [1.29, 1.82) is 0 Å². The first-order chi connectivity index (χ1) is 20.2. The maximum Gasteiger partial charge on any atom is 0.221 e. The van der Waals surface area contributed by atoms with E-state index < -0.39 is 0 Å². The molecule has 0 aromatic rings. The lowest BCUT2D eigenvalue weighted by Gasteiger charge is -2.25. The topological polar surface area (TPSA) is 126 Å². The maximum absolute atomic E-state index is 12.1. The van der Waals surface area contributed by atoms with Crippen LogP contribution in [0.1, 0.15) is 38.5 Å². The Morgan fingerprint density at radius 1 is 0.452 bits per heavy atom. The number of carbonyl (C=O) groups is 4. The van der Waals surface area contributed by atoms with Crippen LogP contribution in [0.5, 0.6) is 0 Å². The van der Waals surface area contributed by atoms with Gasteiger partial charge in [0.05, 0.1) is 0 Å². The number of thiol groups is 4. The second-order valence-electron chi connectivity index (χ2n) is 9.99. The van der Waals surface area contributed by atoms with Crippen molar-refractivity contribution in [1.82, 2.24) is 36.0 Å². The molecular weight excluding hydrogens is 615 g/mol.